The number of ether oxygens (including phenoxy) is 1. The van der Waals surface area contributed by atoms with Crippen LogP contribution in [0.4, 0.5) is 10.5 Å². The fourth-order valence-electron chi connectivity index (χ4n) is 2.90. The second kappa shape index (κ2) is 10.4. The van der Waals surface area contributed by atoms with Gasteiger partial charge >= 0.3 is 16.3 Å². The summed E-state index contributed by atoms with van der Waals surface area (Å²) in [6.07, 6.45) is 0.420. The molecule has 0 unspecified atom stereocenters. The Kier molecular flexibility index (Phi) is 8.34. The molecule has 33 heavy (non-hydrogen) atoms. The molecule has 1 aliphatic heterocycles. The van der Waals surface area contributed by atoms with Gasteiger partial charge in [-0.3, -0.25) is 19.2 Å². The standard InChI is InChI=1S/C17H25N5O9S2/c1-19(2)33(28,29)20(3)18-10-15-9-16(31-32(4,26)27)11-21(15)17(23)30-12-13-5-7-14(8-6-13)22(24)25/h5-8,10,15-16H,9,11-12H2,1-4H3/t15-,16+/m0/s1. The Morgan fingerprint density at radius 3 is 2.36 bits per heavy atom. The number of nitro groups is 1. The number of hydrogen-bond donors (Lipinski definition) is 0. The van der Waals surface area contributed by atoms with Crippen LogP contribution in [0, 0.1) is 10.1 Å². The number of carbonyl (C=O) groups is 1. The smallest absolute Gasteiger partial charge is 0.410 e. The van der Waals surface area contributed by atoms with Gasteiger partial charge in [-0.05, 0) is 17.7 Å². The molecule has 0 N–H and O–H groups in total. The number of benzene rings is 1. The SMILES string of the molecule is CN(C)S(=O)(=O)N(C)N=C[C@@H]1C[C@@H](OS(C)(=O)=O)CN1C(=O)OCc1ccc([N+](=O)[O-])cc1. The molecule has 184 valence electrons. The number of hydrazone groups is 1. The van der Waals surface area contributed by atoms with Gasteiger partial charge < -0.3 is 4.74 Å². The number of nitro benzene ring substituents is 1. The van der Waals surface area contributed by atoms with Crippen molar-refractivity contribution in [2.45, 2.75) is 25.2 Å². The van der Waals surface area contributed by atoms with E-state index in [-0.39, 0.29) is 25.3 Å². The molecule has 0 aromatic heterocycles. The molecular formula is C17H25N5O9S2. The minimum absolute atomic E-state index is 0.0407. The summed E-state index contributed by atoms with van der Waals surface area (Å²) < 4.78 is 59.1. The van der Waals surface area contributed by atoms with Gasteiger partial charge in [-0.25, -0.2) is 4.79 Å². The van der Waals surface area contributed by atoms with E-state index in [1.807, 2.05) is 0 Å². The van der Waals surface area contributed by atoms with E-state index in [1.54, 1.807) is 0 Å². The maximum Gasteiger partial charge on any atom is 0.410 e. The van der Waals surface area contributed by atoms with E-state index < -0.39 is 43.5 Å². The van der Waals surface area contributed by atoms with Crippen LogP contribution in [0.15, 0.2) is 29.4 Å². The number of carbonyl (C=O) groups excluding carboxylic acids is 1. The van der Waals surface area contributed by atoms with E-state index >= 15 is 0 Å². The van der Waals surface area contributed by atoms with Crippen molar-refractivity contribution >= 4 is 38.3 Å². The summed E-state index contributed by atoms with van der Waals surface area (Å²) in [6, 6.07) is 4.60. The van der Waals surface area contributed by atoms with Crippen LogP contribution < -0.4 is 0 Å². The lowest BCUT2D eigenvalue weighted by molar-refractivity contribution is -0.384. The van der Waals surface area contributed by atoms with E-state index in [4.69, 9.17) is 8.92 Å². The highest BCUT2D eigenvalue weighted by atomic mass is 32.2. The molecule has 2 atom stereocenters. The van der Waals surface area contributed by atoms with Crippen molar-refractivity contribution in [3.63, 3.8) is 0 Å². The summed E-state index contributed by atoms with van der Waals surface area (Å²) in [4.78, 5) is 24.0. The first kappa shape index (κ1) is 26.4. The number of non-ortho nitro benzene ring substituents is 1. The van der Waals surface area contributed by atoms with Crippen LogP contribution in [-0.4, -0.2) is 93.8 Å². The fourth-order valence-corrected chi connectivity index (χ4v) is 4.18. The van der Waals surface area contributed by atoms with Gasteiger partial charge in [0.15, 0.2) is 0 Å². The highest BCUT2D eigenvalue weighted by Gasteiger charge is 2.38. The number of likely N-dealkylation sites (tertiary alicyclic amines) is 1. The van der Waals surface area contributed by atoms with Crippen molar-refractivity contribution in [2.75, 3.05) is 33.9 Å². The van der Waals surface area contributed by atoms with Crippen molar-refractivity contribution in [1.29, 1.82) is 0 Å². The molecule has 14 nitrogen and oxygen atoms in total. The molecule has 1 amide bonds. The van der Waals surface area contributed by atoms with Crippen molar-refractivity contribution in [1.82, 2.24) is 13.6 Å². The average molecular weight is 508 g/mol. The lowest BCUT2D eigenvalue weighted by Gasteiger charge is -2.22. The Hall–Kier alpha value is -2.82. The molecule has 0 aliphatic carbocycles. The third-order valence-corrected chi connectivity index (χ3v) is 6.86. The summed E-state index contributed by atoms with van der Waals surface area (Å²) in [7, 11) is -3.78. The predicted molar refractivity (Wildman–Crippen MR) is 117 cm³/mol. The average Bonchev–Trinajstić information content (AvgIpc) is 3.11. The molecule has 1 aromatic carbocycles. The van der Waals surface area contributed by atoms with Gasteiger partial charge in [0, 0.05) is 45.9 Å². The Balaban J connectivity index is 2.14. The lowest BCUT2D eigenvalue weighted by atomic mass is 10.2. The van der Waals surface area contributed by atoms with E-state index in [1.165, 1.54) is 56.5 Å². The highest BCUT2D eigenvalue weighted by Crippen LogP contribution is 2.22. The minimum atomic E-state index is -3.85. The molecule has 0 saturated carbocycles. The molecule has 0 bridgehead atoms. The first-order valence-corrected chi connectivity index (χ1v) is 12.7. The third-order valence-electron chi connectivity index (χ3n) is 4.56. The molecule has 16 heteroatoms. The molecular weight excluding hydrogens is 482 g/mol. The quantitative estimate of drug-likeness (QED) is 0.198. The van der Waals surface area contributed by atoms with Crippen LogP contribution >= 0.6 is 0 Å². The lowest BCUT2D eigenvalue weighted by Crippen LogP contribution is -2.39. The molecule has 1 fully saturated rings. The second-order valence-corrected chi connectivity index (χ2v) is 11.1. The summed E-state index contributed by atoms with van der Waals surface area (Å²) >= 11 is 0. The number of rotatable bonds is 9. The van der Waals surface area contributed by atoms with Gasteiger partial charge in [-0.15, -0.1) is 0 Å². The van der Waals surface area contributed by atoms with E-state index in [2.05, 4.69) is 5.10 Å². The van der Waals surface area contributed by atoms with Crippen molar-refractivity contribution < 1.29 is 35.5 Å². The molecule has 1 saturated heterocycles. The van der Waals surface area contributed by atoms with Crippen LogP contribution in [0.1, 0.15) is 12.0 Å². The van der Waals surface area contributed by atoms with E-state index in [0.29, 0.717) is 9.98 Å². The van der Waals surface area contributed by atoms with Gasteiger partial charge in [-0.1, -0.05) is 0 Å². The first-order chi connectivity index (χ1) is 15.2. The Morgan fingerprint density at radius 2 is 1.85 bits per heavy atom. The third kappa shape index (κ3) is 7.34. The zero-order chi connectivity index (χ0) is 25.0. The van der Waals surface area contributed by atoms with Gasteiger partial charge in [0.1, 0.15) is 6.61 Å². The summed E-state index contributed by atoms with van der Waals surface area (Å²) in [6.45, 7) is -0.323. The number of hydrogen-bond acceptors (Lipinski definition) is 10. The monoisotopic (exact) mass is 507 g/mol. The van der Waals surface area contributed by atoms with Crippen molar-refractivity contribution in [3.05, 3.63) is 39.9 Å². The summed E-state index contributed by atoms with van der Waals surface area (Å²) in [5.74, 6) is 0. The summed E-state index contributed by atoms with van der Waals surface area (Å²) in [5, 5.41) is 14.6. The largest absolute Gasteiger partial charge is 0.445 e. The molecule has 0 spiro atoms. The molecule has 1 aliphatic rings. The topological polar surface area (TPSA) is 169 Å². The van der Waals surface area contributed by atoms with Crippen LogP contribution in [0.25, 0.3) is 0 Å². The summed E-state index contributed by atoms with van der Waals surface area (Å²) in [5.41, 5.74) is 0.387. The Bertz CT molecular complexity index is 1100. The van der Waals surface area contributed by atoms with Gasteiger partial charge in [0.2, 0.25) is 0 Å². The van der Waals surface area contributed by atoms with E-state index in [9.17, 15) is 31.7 Å². The maximum absolute atomic E-state index is 12.7. The molecule has 0 radical (unpaired) electrons. The maximum atomic E-state index is 12.7. The van der Waals surface area contributed by atoms with Gasteiger partial charge in [-0.2, -0.15) is 30.7 Å². The zero-order valence-electron chi connectivity index (χ0n) is 18.4. The number of nitrogens with zero attached hydrogens (tertiary/aromatic N) is 5. The molecule has 1 heterocycles. The van der Waals surface area contributed by atoms with Crippen LogP contribution in [-0.2, 0) is 35.9 Å². The van der Waals surface area contributed by atoms with Crippen molar-refractivity contribution in [3.8, 4) is 0 Å². The number of amides is 1. The van der Waals surface area contributed by atoms with Gasteiger partial charge in [0.25, 0.3) is 15.8 Å². The molecule has 2 rings (SSSR count). The minimum Gasteiger partial charge on any atom is -0.445 e. The predicted octanol–water partition coefficient (Wildman–Crippen LogP) is 0.375. The van der Waals surface area contributed by atoms with Crippen molar-refractivity contribution in [2.24, 2.45) is 5.10 Å². The van der Waals surface area contributed by atoms with E-state index in [0.717, 1.165) is 10.6 Å². The highest BCUT2D eigenvalue weighted by molar-refractivity contribution is 7.86. The van der Waals surface area contributed by atoms with Crippen LogP contribution in [0.3, 0.4) is 0 Å². The normalized spacial score (nSPS) is 19.2. The zero-order valence-corrected chi connectivity index (χ0v) is 20.0. The molecule has 1 aromatic rings. The van der Waals surface area contributed by atoms with Gasteiger partial charge in [0.05, 0.1) is 29.9 Å². The second-order valence-electron chi connectivity index (χ2n) is 7.34. The Morgan fingerprint density at radius 1 is 1.24 bits per heavy atom. The fraction of sp³-hybridized carbons (Fsp3) is 0.529. The first-order valence-electron chi connectivity index (χ1n) is 9.46. The van der Waals surface area contributed by atoms with Crippen LogP contribution in [0.2, 0.25) is 0 Å². The van der Waals surface area contributed by atoms with Crippen LogP contribution in [0.5, 0.6) is 0 Å². The Labute approximate surface area is 191 Å².